The Morgan fingerprint density at radius 1 is 1.16 bits per heavy atom. The van der Waals surface area contributed by atoms with E-state index in [0.29, 0.717) is 25.1 Å². The van der Waals surface area contributed by atoms with E-state index in [1.807, 2.05) is 36.6 Å². The molecule has 1 aliphatic heterocycles. The zero-order chi connectivity index (χ0) is 28.5. The van der Waals surface area contributed by atoms with Gasteiger partial charge in [0.1, 0.15) is 18.1 Å². The van der Waals surface area contributed by atoms with Crippen molar-refractivity contribution in [1.82, 2.24) is 10.2 Å². The predicted octanol–water partition coefficient (Wildman–Crippen LogP) is 3.66. The number of piperidine rings is 1. The number of sulfone groups is 1. The lowest BCUT2D eigenvalue weighted by atomic mass is 9.92. The summed E-state index contributed by atoms with van der Waals surface area (Å²) in [5.74, 6) is -2.27. The third-order valence-electron chi connectivity index (χ3n) is 6.31. The molecular weight excluding hydrogens is 528 g/mol. The topological polar surface area (TPSA) is 119 Å². The standard InChI is InChI=1S/C27H42N2O7S2/c1-19(2)38(33,34)18-21-16-29(26(32)36-27(3,4)5)14-12-23(21)28-24(30)22(13-15-37-6)25(31)35-17-20-10-8-7-9-11-20/h7-11,19,21-23H,12-18H2,1-6H3,(H,28,30). The van der Waals surface area contributed by atoms with Crippen LogP contribution in [-0.2, 0) is 35.5 Å². The SMILES string of the molecule is CSCCC(C(=O)NC1CCN(C(=O)OC(C)(C)C)CC1CS(=O)(=O)C(C)C)C(=O)OCc1ccccc1. The van der Waals surface area contributed by atoms with Crippen LogP contribution < -0.4 is 5.32 Å². The normalized spacial score (nSPS) is 19.1. The van der Waals surface area contributed by atoms with Gasteiger partial charge in [0.25, 0.3) is 0 Å². The van der Waals surface area contributed by atoms with Crippen molar-refractivity contribution in [2.24, 2.45) is 11.8 Å². The molecule has 9 nitrogen and oxygen atoms in total. The first-order valence-corrected chi connectivity index (χ1v) is 16.0. The number of rotatable bonds is 11. The second kappa shape index (κ2) is 14.2. The maximum absolute atomic E-state index is 13.3. The molecule has 0 saturated carbocycles. The number of nitrogens with one attached hydrogen (secondary N) is 1. The molecule has 0 aromatic heterocycles. The fraction of sp³-hybridized carbons (Fsp3) is 0.667. The zero-order valence-corrected chi connectivity index (χ0v) is 24.9. The summed E-state index contributed by atoms with van der Waals surface area (Å²) in [5, 5.41) is 2.34. The molecule has 2 rings (SSSR count). The molecule has 11 heteroatoms. The number of thioether (sulfide) groups is 1. The molecule has 1 aliphatic rings. The van der Waals surface area contributed by atoms with Gasteiger partial charge in [0.15, 0.2) is 9.84 Å². The second-order valence-corrected chi connectivity index (χ2v) is 14.5. The maximum atomic E-state index is 13.3. The molecule has 0 radical (unpaired) electrons. The molecule has 3 atom stereocenters. The quantitative estimate of drug-likeness (QED) is 0.316. The van der Waals surface area contributed by atoms with E-state index < -0.39 is 56.5 Å². The fourth-order valence-corrected chi connectivity index (χ4v) is 5.87. The number of nitrogens with zero attached hydrogens (tertiary/aromatic N) is 1. The predicted molar refractivity (Wildman–Crippen MR) is 149 cm³/mol. The van der Waals surface area contributed by atoms with Crippen molar-refractivity contribution in [3.8, 4) is 0 Å². The lowest BCUT2D eigenvalue weighted by Gasteiger charge is -2.39. The number of likely N-dealkylation sites (tertiary alicyclic amines) is 1. The molecule has 214 valence electrons. The number of hydrogen-bond acceptors (Lipinski definition) is 8. The van der Waals surface area contributed by atoms with Gasteiger partial charge in [-0.3, -0.25) is 9.59 Å². The molecule has 1 fully saturated rings. The molecular formula is C27H42N2O7S2. The summed E-state index contributed by atoms with van der Waals surface area (Å²) in [7, 11) is -3.47. The van der Waals surface area contributed by atoms with Gasteiger partial charge >= 0.3 is 12.1 Å². The van der Waals surface area contributed by atoms with Crippen molar-refractivity contribution in [2.75, 3.05) is 30.9 Å². The summed E-state index contributed by atoms with van der Waals surface area (Å²) >= 11 is 1.52. The smallest absolute Gasteiger partial charge is 0.410 e. The van der Waals surface area contributed by atoms with E-state index in [2.05, 4.69) is 5.32 Å². The maximum Gasteiger partial charge on any atom is 0.410 e. The van der Waals surface area contributed by atoms with E-state index >= 15 is 0 Å². The zero-order valence-electron chi connectivity index (χ0n) is 23.3. The minimum atomic E-state index is -3.47. The Labute approximate surface area is 231 Å². The van der Waals surface area contributed by atoms with Gasteiger partial charge in [-0.1, -0.05) is 30.3 Å². The highest BCUT2D eigenvalue weighted by molar-refractivity contribution is 7.98. The minimum absolute atomic E-state index is 0.0618. The summed E-state index contributed by atoms with van der Waals surface area (Å²) in [6, 6.07) is 8.70. The van der Waals surface area contributed by atoms with Crippen LogP contribution in [0.15, 0.2) is 30.3 Å². The highest BCUT2D eigenvalue weighted by atomic mass is 32.2. The van der Waals surface area contributed by atoms with E-state index in [1.165, 1.54) is 16.7 Å². The molecule has 1 N–H and O–H groups in total. The molecule has 2 amide bonds. The third kappa shape index (κ3) is 10.1. The van der Waals surface area contributed by atoms with Gasteiger partial charge in [0.05, 0.1) is 11.0 Å². The first-order chi connectivity index (χ1) is 17.7. The van der Waals surface area contributed by atoms with Crippen LogP contribution in [0.2, 0.25) is 0 Å². The lowest BCUT2D eigenvalue weighted by Crippen LogP contribution is -2.56. The van der Waals surface area contributed by atoms with Crippen LogP contribution in [0.3, 0.4) is 0 Å². The molecule has 1 aromatic carbocycles. The molecule has 0 spiro atoms. The van der Waals surface area contributed by atoms with Crippen LogP contribution in [0, 0.1) is 11.8 Å². The summed E-state index contributed by atoms with van der Waals surface area (Å²) < 4.78 is 36.6. The Balaban J connectivity index is 2.17. The Morgan fingerprint density at radius 2 is 1.82 bits per heavy atom. The van der Waals surface area contributed by atoms with Gasteiger partial charge in [0, 0.05) is 25.0 Å². The molecule has 0 aliphatic carbocycles. The van der Waals surface area contributed by atoms with Crippen LogP contribution in [0.25, 0.3) is 0 Å². The lowest BCUT2D eigenvalue weighted by molar-refractivity contribution is -0.154. The first-order valence-electron chi connectivity index (χ1n) is 12.9. The monoisotopic (exact) mass is 570 g/mol. The largest absolute Gasteiger partial charge is 0.460 e. The van der Waals surface area contributed by atoms with Crippen LogP contribution in [0.5, 0.6) is 0 Å². The van der Waals surface area contributed by atoms with Crippen molar-refractivity contribution in [2.45, 2.75) is 71.0 Å². The number of amides is 2. The molecule has 1 aromatic rings. The van der Waals surface area contributed by atoms with Crippen molar-refractivity contribution >= 4 is 39.6 Å². The van der Waals surface area contributed by atoms with Gasteiger partial charge in [-0.05, 0) is 65.0 Å². The summed E-state index contributed by atoms with van der Waals surface area (Å²) in [6.45, 7) is 9.01. The molecule has 3 unspecified atom stereocenters. The van der Waals surface area contributed by atoms with E-state index in [9.17, 15) is 22.8 Å². The van der Waals surface area contributed by atoms with Crippen LogP contribution in [0.4, 0.5) is 4.79 Å². The van der Waals surface area contributed by atoms with E-state index in [4.69, 9.17) is 9.47 Å². The number of carbonyl (C=O) groups is 3. The van der Waals surface area contributed by atoms with Gasteiger partial charge in [-0.25, -0.2) is 13.2 Å². The van der Waals surface area contributed by atoms with Crippen LogP contribution in [0.1, 0.15) is 53.0 Å². The Morgan fingerprint density at radius 3 is 2.39 bits per heavy atom. The van der Waals surface area contributed by atoms with Gasteiger partial charge in [-0.2, -0.15) is 11.8 Å². The van der Waals surface area contributed by atoms with Crippen molar-refractivity contribution in [3.63, 3.8) is 0 Å². The average molecular weight is 571 g/mol. The number of hydrogen-bond donors (Lipinski definition) is 1. The summed E-state index contributed by atoms with van der Waals surface area (Å²) in [5.41, 5.74) is 0.130. The Bertz CT molecular complexity index is 1040. The van der Waals surface area contributed by atoms with E-state index in [1.54, 1.807) is 34.6 Å². The van der Waals surface area contributed by atoms with Crippen LogP contribution in [-0.4, -0.2) is 79.0 Å². The summed E-state index contributed by atoms with van der Waals surface area (Å²) in [4.78, 5) is 40.5. The molecule has 1 saturated heterocycles. The fourth-order valence-electron chi connectivity index (χ4n) is 4.08. The molecule has 38 heavy (non-hydrogen) atoms. The van der Waals surface area contributed by atoms with Crippen LogP contribution >= 0.6 is 11.8 Å². The average Bonchev–Trinajstić information content (AvgIpc) is 2.83. The van der Waals surface area contributed by atoms with E-state index in [-0.39, 0.29) is 18.9 Å². The Hall–Kier alpha value is -2.27. The van der Waals surface area contributed by atoms with E-state index in [0.717, 1.165) is 5.56 Å². The second-order valence-electron chi connectivity index (χ2n) is 10.9. The highest BCUT2D eigenvalue weighted by Gasteiger charge is 2.39. The third-order valence-corrected chi connectivity index (χ3v) is 9.29. The van der Waals surface area contributed by atoms with Gasteiger partial charge < -0.3 is 19.7 Å². The van der Waals surface area contributed by atoms with Gasteiger partial charge in [-0.15, -0.1) is 0 Å². The van der Waals surface area contributed by atoms with Gasteiger partial charge in [0.2, 0.25) is 5.91 Å². The van der Waals surface area contributed by atoms with Crippen molar-refractivity contribution in [3.05, 3.63) is 35.9 Å². The highest BCUT2D eigenvalue weighted by Crippen LogP contribution is 2.24. The number of benzene rings is 1. The number of carbonyl (C=O) groups excluding carboxylic acids is 3. The first kappa shape index (κ1) is 31.9. The Kier molecular flexibility index (Phi) is 11.9. The minimum Gasteiger partial charge on any atom is -0.460 e. The van der Waals surface area contributed by atoms with Crippen molar-refractivity contribution < 1.29 is 32.3 Å². The number of esters is 1. The van der Waals surface area contributed by atoms with Crippen molar-refractivity contribution in [1.29, 1.82) is 0 Å². The number of ether oxygens (including phenoxy) is 2. The molecule has 1 heterocycles. The summed E-state index contributed by atoms with van der Waals surface area (Å²) in [6.07, 6.45) is 2.02. The molecule has 0 bridgehead atoms.